The molecule has 196 valence electrons. The SMILES string of the molecule is COC(=O)C(CCC=C(C)CO)C1CCC2(C)C3=CCC4C(C)(C)C(=O)CCC4(C)C3CCC12C. The highest BCUT2D eigenvalue weighted by molar-refractivity contribution is 5.85. The van der Waals surface area contributed by atoms with Crippen molar-refractivity contribution in [2.45, 2.75) is 99.3 Å². The highest BCUT2D eigenvalue weighted by Crippen LogP contribution is 2.73. The molecule has 35 heavy (non-hydrogen) atoms. The number of Topliss-reactive ketones (excluding diaryl/α,β-unsaturated/α-hetero) is 1. The zero-order valence-corrected chi connectivity index (χ0v) is 23.2. The lowest BCUT2D eigenvalue weighted by atomic mass is 9.41. The van der Waals surface area contributed by atoms with Crippen molar-refractivity contribution in [2.75, 3.05) is 13.7 Å². The van der Waals surface area contributed by atoms with E-state index in [2.05, 4.69) is 46.8 Å². The van der Waals surface area contributed by atoms with Crippen molar-refractivity contribution in [1.29, 1.82) is 0 Å². The fourth-order valence-electron chi connectivity index (χ4n) is 9.41. The smallest absolute Gasteiger partial charge is 0.308 e. The first-order valence-corrected chi connectivity index (χ1v) is 13.9. The summed E-state index contributed by atoms with van der Waals surface area (Å²) >= 11 is 0. The van der Waals surface area contributed by atoms with E-state index in [1.54, 1.807) is 5.57 Å². The van der Waals surface area contributed by atoms with Crippen LogP contribution in [0.2, 0.25) is 0 Å². The molecule has 0 bridgehead atoms. The Morgan fingerprint density at radius 1 is 1.17 bits per heavy atom. The third-order valence-electron chi connectivity index (χ3n) is 11.9. The first kappa shape index (κ1) is 26.6. The predicted octanol–water partition coefficient (Wildman–Crippen LogP) is 6.67. The molecule has 7 atom stereocenters. The van der Waals surface area contributed by atoms with Gasteiger partial charge in [-0.05, 0) is 92.3 Å². The number of ether oxygens (including phenoxy) is 1. The van der Waals surface area contributed by atoms with Crippen LogP contribution in [0.1, 0.15) is 99.3 Å². The van der Waals surface area contributed by atoms with E-state index in [1.165, 1.54) is 7.11 Å². The van der Waals surface area contributed by atoms with Gasteiger partial charge in [0.1, 0.15) is 5.78 Å². The van der Waals surface area contributed by atoms with E-state index in [0.717, 1.165) is 56.9 Å². The number of esters is 1. The molecule has 4 rings (SSSR count). The van der Waals surface area contributed by atoms with Crippen LogP contribution in [-0.2, 0) is 14.3 Å². The minimum Gasteiger partial charge on any atom is -0.469 e. The van der Waals surface area contributed by atoms with Crippen LogP contribution in [0, 0.1) is 45.3 Å². The maximum atomic E-state index is 13.1. The molecule has 0 aliphatic heterocycles. The van der Waals surface area contributed by atoms with Crippen molar-refractivity contribution in [2.24, 2.45) is 45.3 Å². The number of rotatable bonds is 6. The Morgan fingerprint density at radius 3 is 2.54 bits per heavy atom. The van der Waals surface area contributed by atoms with Gasteiger partial charge in [0.05, 0.1) is 19.6 Å². The van der Waals surface area contributed by atoms with Crippen LogP contribution >= 0.6 is 0 Å². The van der Waals surface area contributed by atoms with Crippen LogP contribution in [-0.4, -0.2) is 30.6 Å². The normalized spacial score (nSPS) is 41.4. The topological polar surface area (TPSA) is 63.6 Å². The summed E-state index contributed by atoms with van der Waals surface area (Å²) in [4.78, 5) is 25.9. The number of ketones is 1. The van der Waals surface area contributed by atoms with Gasteiger partial charge < -0.3 is 9.84 Å². The molecule has 4 aliphatic rings. The minimum absolute atomic E-state index is 0.0626. The molecule has 7 unspecified atom stereocenters. The molecule has 4 nitrogen and oxygen atoms in total. The van der Waals surface area contributed by atoms with E-state index in [4.69, 9.17) is 4.74 Å². The number of carbonyl (C=O) groups is 2. The molecule has 1 N–H and O–H groups in total. The Balaban J connectivity index is 1.66. The summed E-state index contributed by atoms with van der Waals surface area (Å²) in [6.07, 6.45) is 13.4. The number of allylic oxidation sites excluding steroid dienone is 3. The first-order chi connectivity index (χ1) is 16.4. The lowest BCUT2D eigenvalue weighted by Crippen LogP contribution is -2.57. The predicted molar refractivity (Wildman–Crippen MR) is 140 cm³/mol. The average Bonchev–Trinajstić information content (AvgIpc) is 3.10. The Bertz CT molecular complexity index is 928. The molecule has 0 heterocycles. The van der Waals surface area contributed by atoms with Crippen LogP contribution < -0.4 is 0 Å². The lowest BCUT2D eigenvalue weighted by molar-refractivity contribution is -0.152. The molecule has 3 fully saturated rings. The van der Waals surface area contributed by atoms with Gasteiger partial charge in [-0.2, -0.15) is 0 Å². The first-order valence-electron chi connectivity index (χ1n) is 13.9. The van der Waals surface area contributed by atoms with Crippen molar-refractivity contribution < 1.29 is 19.4 Å². The lowest BCUT2D eigenvalue weighted by Gasteiger charge is -2.63. The third-order valence-corrected chi connectivity index (χ3v) is 11.9. The van der Waals surface area contributed by atoms with E-state index in [-0.39, 0.29) is 40.2 Å². The molecule has 0 radical (unpaired) electrons. The zero-order valence-electron chi connectivity index (χ0n) is 23.2. The van der Waals surface area contributed by atoms with E-state index in [9.17, 15) is 14.7 Å². The molecule has 3 saturated carbocycles. The minimum atomic E-state index is -0.245. The Morgan fingerprint density at radius 2 is 1.89 bits per heavy atom. The zero-order chi connectivity index (χ0) is 25.8. The van der Waals surface area contributed by atoms with Gasteiger partial charge in [0.2, 0.25) is 0 Å². The fourth-order valence-corrected chi connectivity index (χ4v) is 9.41. The number of aliphatic hydroxyl groups is 1. The largest absolute Gasteiger partial charge is 0.469 e. The maximum Gasteiger partial charge on any atom is 0.308 e. The van der Waals surface area contributed by atoms with Crippen molar-refractivity contribution in [1.82, 2.24) is 0 Å². The summed E-state index contributed by atoms with van der Waals surface area (Å²) in [5, 5.41) is 9.37. The Labute approximate surface area is 213 Å². The summed E-state index contributed by atoms with van der Waals surface area (Å²) < 4.78 is 5.34. The maximum absolute atomic E-state index is 13.1. The average molecular weight is 485 g/mol. The summed E-state index contributed by atoms with van der Waals surface area (Å²) in [5.74, 6) is 1.52. The summed E-state index contributed by atoms with van der Waals surface area (Å²) in [6, 6.07) is 0. The fraction of sp³-hybridized carbons (Fsp3) is 0.806. The summed E-state index contributed by atoms with van der Waals surface area (Å²) in [7, 11) is 1.52. The Hall–Kier alpha value is -1.42. The van der Waals surface area contributed by atoms with Crippen molar-refractivity contribution in [3.8, 4) is 0 Å². The molecule has 0 saturated heterocycles. The second-order valence-electron chi connectivity index (χ2n) is 13.5. The van der Waals surface area contributed by atoms with Gasteiger partial charge in [-0.1, -0.05) is 57.9 Å². The van der Waals surface area contributed by atoms with E-state index in [1.807, 2.05) is 6.92 Å². The van der Waals surface area contributed by atoms with Gasteiger partial charge in [-0.25, -0.2) is 0 Å². The number of carbonyl (C=O) groups excluding carboxylic acids is 2. The number of hydrogen-bond donors (Lipinski definition) is 1. The van der Waals surface area contributed by atoms with E-state index < -0.39 is 0 Å². The Kier molecular flexibility index (Phi) is 6.97. The molecule has 4 heteroatoms. The monoisotopic (exact) mass is 484 g/mol. The van der Waals surface area contributed by atoms with E-state index >= 15 is 0 Å². The summed E-state index contributed by atoms with van der Waals surface area (Å²) in [6.45, 7) is 13.8. The van der Waals surface area contributed by atoms with Crippen LogP contribution in [0.4, 0.5) is 0 Å². The molecule has 0 spiro atoms. The number of hydrogen-bond acceptors (Lipinski definition) is 4. The molecular weight excluding hydrogens is 436 g/mol. The van der Waals surface area contributed by atoms with Crippen molar-refractivity contribution in [3.05, 3.63) is 23.3 Å². The number of methoxy groups -OCH3 is 1. The van der Waals surface area contributed by atoms with Gasteiger partial charge in [0.25, 0.3) is 0 Å². The van der Waals surface area contributed by atoms with Crippen LogP contribution in [0.15, 0.2) is 23.3 Å². The molecule has 0 aromatic heterocycles. The highest BCUT2D eigenvalue weighted by atomic mass is 16.5. The van der Waals surface area contributed by atoms with Gasteiger partial charge in [0, 0.05) is 11.8 Å². The molecule has 0 aromatic carbocycles. The molecule has 0 amide bonds. The molecular formula is C31H48O4. The van der Waals surface area contributed by atoms with Crippen LogP contribution in [0.5, 0.6) is 0 Å². The second kappa shape index (κ2) is 9.15. The van der Waals surface area contributed by atoms with Gasteiger partial charge in [0.15, 0.2) is 0 Å². The second-order valence-corrected chi connectivity index (χ2v) is 13.5. The van der Waals surface area contributed by atoms with Gasteiger partial charge >= 0.3 is 5.97 Å². The number of aliphatic hydroxyl groups excluding tert-OH is 1. The van der Waals surface area contributed by atoms with Gasteiger partial charge in [-0.15, -0.1) is 0 Å². The number of fused-ring (bicyclic) bond motifs is 5. The standard InChI is InChI=1S/C31H48O4/c1-20(19-32)9-8-10-21(27(34)35-7)22-13-17-31(6)24-11-12-25-28(2,3)26(33)15-16-29(25,4)23(24)14-18-30(22,31)5/h9,11,21-23,25,32H,8,10,12-19H2,1-7H3. The van der Waals surface area contributed by atoms with Crippen molar-refractivity contribution in [3.63, 3.8) is 0 Å². The quantitative estimate of drug-likeness (QED) is 0.338. The van der Waals surface area contributed by atoms with Crippen LogP contribution in [0.3, 0.4) is 0 Å². The summed E-state index contributed by atoms with van der Waals surface area (Å²) in [5.41, 5.74) is 2.68. The van der Waals surface area contributed by atoms with Gasteiger partial charge in [-0.3, -0.25) is 9.59 Å². The van der Waals surface area contributed by atoms with Crippen molar-refractivity contribution >= 4 is 11.8 Å². The van der Waals surface area contributed by atoms with E-state index in [0.29, 0.717) is 30.0 Å². The highest BCUT2D eigenvalue weighted by Gasteiger charge is 2.66. The van der Waals surface area contributed by atoms with Crippen LogP contribution in [0.25, 0.3) is 0 Å². The molecule has 0 aromatic rings. The molecule has 4 aliphatic carbocycles. The third kappa shape index (κ3) is 3.88.